The number of rotatable bonds is 1. The molecule has 114 valence electrons. The molecule has 4 rings (SSSR count). The topological polar surface area (TPSA) is 40.5 Å². The molecule has 2 nitrogen and oxygen atoms in total. The number of halogens is 2. The number of thiophene rings is 1. The monoisotopic (exact) mass is 328 g/mol. The molecular weight excluding hydrogens is 318 g/mol. The summed E-state index contributed by atoms with van der Waals surface area (Å²) >= 11 is 0.982. The third-order valence-electron chi connectivity index (χ3n) is 3.85. The standard InChI is InChI=1S/C18H10F2O2S/c19-15-11(9-1-3-10(21)4-2-9)5-6-12-13-7-8-14(22)16(20)18(13)23-17(12)15/h1-8,21-22H. The molecule has 2 N–H and O–H groups in total. The average molecular weight is 328 g/mol. The van der Waals surface area contributed by atoms with Crippen molar-refractivity contribution in [1.82, 2.24) is 0 Å². The van der Waals surface area contributed by atoms with Crippen molar-refractivity contribution in [3.8, 4) is 22.6 Å². The molecule has 0 bridgehead atoms. The van der Waals surface area contributed by atoms with Crippen LogP contribution < -0.4 is 0 Å². The first kappa shape index (κ1) is 14.0. The van der Waals surface area contributed by atoms with Crippen LogP contribution in [-0.2, 0) is 0 Å². The molecule has 0 saturated carbocycles. The summed E-state index contributed by atoms with van der Waals surface area (Å²) in [6.07, 6.45) is 0. The minimum atomic E-state index is -0.728. The van der Waals surface area contributed by atoms with Gasteiger partial charge in [0.1, 0.15) is 11.6 Å². The van der Waals surface area contributed by atoms with Crippen molar-refractivity contribution in [1.29, 1.82) is 0 Å². The van der Waals surface area contributed by atoms with Gasteiger partial charge in [-0.25, -0.2) is 8.78 Å². The van der Waals surface area contributed by atoms with Crippen molar-refractivity contribution < 1.29 is 19.0 Å². The van der Waals surface area contributed by atoms with Crippen molar-refractivity contribution in [3.05, 3.63) is 60.2 Å². The lowest BCUT2D eigenvalue weighted by Crippen LogP contribution is -1.84. The molecule has 3 aromatic carbocycles. The summed E-state index contributed by atoms with van der Waals surface area (Å²) in [4.78, 5) is 0. The highest BCUT2D eigenvalue weighted by Gasteiger charge is 2.17. The van der Waals surface area contributed by atoms with Gasteiger partial charge in [0.2, 0.25) is 0 Å². The zero-order valence-electron chi connectivity index (χ0n) is 11.7. The summed E-state index contributed by atoms with van der Waals surface area (Å²) in [5, 5.41) is 20.0. The van der Waals surface area contributed by atoms with Crippen LogP contribution in [0.2, 0.25) is 0 Å². The largest absolute Gasteiger partial charge is 0.508 e. The Balaban J connectivity index is 2.03. The van der Waals surface area contributed by atoms with E-state index in [2.05, 4.69) is 0 Å². The maximum Gasteiger partial charge on any atom is 0.182 e. The summed E-state index contributed by atoms with van der Waals surface area (Å²) in [5.74, 6) is -1.50. The van der Waals surface area contributed by atoms with Gasteiger partial charge in [-0.3, -0.25) is 0 Å². The van der Waals surface area contributed by atoms with Crippen molar-refractivity contribution in [2.75, 3.05) is 0 Å². The molecule has 0 atom stereocenters. The first-order chi connectivity index (χ1) is 11.1. The van der Waals surface area contributed by atoms with Crippen LogP contribution in [0.25, 0.3) is 31.3 Å². The molecule has 0 aliphatic heterocycles. The van der Waals surface area contributed by atoms with Gasteiger partial charge in [-0.2, -0.15) is 0 Å². The molecule has 1 heterocycles. The van der Waals surface area contributed by atoms with Gasteiger partial charge in [0.15, 0.2) is 11.6 Å². The number of hydrogen-bond donors (Lipinski definition) is 2. The fourth-order valence-corrected chi connectivity index (χ4v) is 3.87. The molecule has 0 aliphatic carbocycles. The number of phenols is 2. The van der Waals surface area contributed by atoms with Gasteiger partial charge in [0, 0.05) is 16.3 Å². The summed E-state index contributed by atoms with van der Waals surface area (Å²) in [6.45, 7) is 0. The third kappa shape index (κ3) is 2.04. The van der Waals surface area contributed by atoms with Crippen LogP contribution >= 0.6 is 11.3 Å². The normalized spacial score (nSPS) is 11.4. The molecule has 0 amide bonds. The van der Waals surface area contributed by atoms with Gasteiger partial charge < -0.3 is 10.2 Å². The van der Waals surface area contributed by atoms with Crippen LogP contribution in [0.4, 0.5) is 8.78 Å². The molecule has 0 radical (unpaired) electrons. The molecule has 1 aromatic heterocycles. The molecule has 4 aromatic rings. The Kier molecular flexibility index (Phi) is 2.99. The quantitative estimate of drug-likeness (QED) is 0.490. The first-order valence-corrected chi connectivity index (χ1v) is 7.69. The highest BCUT2D eigenvalue weighted by atomic mass is 32.1. The van der Waals surface area contributed by atoms with E-state index in [4.69, 9.17) is 0 Å². The van der Waals surface area contributed by atoms with Crippen molar-refractivity contribution in [2.45, 2.75) is 0 Å². The Morgan fingerprint density at radius 1 is 0.696 bits per heavy atom. The van der Waals surface area contributed by atoms with Crippen molar-refractivity contribution >= 4 is 31.5 Å². The van der Waals surface area contributed by atoms with Crippen molar-refractivity contribution in [2.24, 2.45) is 0 Å². The first-order valence-electron chi connectivity index (χ1n) is 6.88. The summed E-state index contributed by atoms with van der Waals surface area (Å²) < 4.78 is 29.5. The second kappa shape index (κ2) is 4.93. The van der Waals surface area contributed by atoms with Gasteiger partial charge in [-0.1, -0.05) is 24.3 Å². The zero-order chi connectivity index (χ0) is 16.1. The van der Waals surface area contributed by atoms with E-state index in [0.29, 0.717) is 26.6 Å². The van der Waals surface area contributed by atoms with Crippen LogP contribution in [0.3, 0.4) is 0 Å². The van der Waals surface area contributed by atoms with Crippen molar-refractivity contribution in [3.63, 3.8) is 0 Å². The van der Waals surface area contributed by atoms with Crippen LogP contribution in [0.1, 0.15) is 0 Å². The molecule has 0 saturated heterocycles. The van der Waals surface area contributed by atoms with Gasteiger partial charge in [-0.05, 0) is 29.8 Å². The summed E-state index contributed by atoms with van der Waals surface area (Å²) in [7, 11) is 0. The number of benzene rings is 3. The Morgan fingerprint density at radius 2 is 1.30 bits per heavy atom. The Morgan fingerprint density at radius 3 is 2.00 bits per heavy atom. The predicted molar refractivity (Wildman–Crippen MR) is 88.0 cm³/mol. The molecule has 0 fully saturated rings. The molecule has 0 spiro atoms. The molecule has 5 heteroatoms. The van der Waals surface area contributed by atoms with Crippen LogP contribution in [-0.4, -0.2) is 10.2 Å². The zero-order valence-corrected chi connectivity index (χ0v) is 12.5. The van der Waals surface area contributed by atoms with E-state index in [-0.39, 0.29) is 10.4 Å². The lowest BCUT2D eigenvalue weighted by molar-refractivity contribution is 0.436. The van der Waals surface area contributed by atoms with E-state index in [1.807, 2.05) is 0 Å². The highest BCUT2D eigenvalue weighted by molar-refractivity contribution is 7.26. The Labute approximate surface area is 133 Å². The summed E-state index contributed by atoms with van der Waals surface area (Å²) in [5.41, 5.74) is 1.01. The number of fused-ring (bicyclic) bond motifs is 3. The van der Waals surface area contributed by atoms with Gasteiger partial charge in [0.25, 0.3) is 0 Å². The second-order valence-corrected chi connectivity index (χ2v) is 6.25. The van der Waals surface area contributed by atoms with Gasteiger partial charge in [0.05, 0.1) is 9.40 Å². The van der Waals surface area contributed by atoms with E-state index in [0.717, 1.165) is 11.3 Å². The maximum atomic E-state index is 14.9. The van der Waals surface area contributed by atoms with Crippen LogP contribution in [0.5, 0.6) is 11.5 Å². The second-order valence-electron chi connectivity index (χ2n) is 5.23. The SMILES string of the molecule is Oc1ccc(-c2ccc3c(sc4c(F)c(O)ccc43)c2F)cc1. The molecule has 0 unspecified atom stereocenters. The number of phenolic OH excluding ortho intramolecular Hbond substituents is 2. The van der Waals surface area contributed by atoms with E-state index < -0.39 is 17.4 Å². The average Bonchev–Trinajstić information content (AvgIpc) is 2.93. The molecule has 0 aliphatic rings. The van der Waals surface area contributed by atoms with Crippen LogP contribution in [0, 0.1) is 11.6 Å². The van der Waals surface area contributed by atoms with Gasteiger partial charge >= 0.3 is 0 Å². The third-order valence-corrected chi connectivity index (χ3v) is 5.05. The van der Waals surface area contributed by atoms with Gasteiger partial charge in [-0.15, -0.1) is 11.3 Å². The number of hydrogen-bond acceptors (Lipinski definition) is 3. The molecule has 23 heavy (non-hydrogen) atoms. The Hall–Kier alpha value is -2.66. The fourth-order valence-electron chi connectivity index (χ4n) is 2.69. The predicted octanol–water partition coefficient (Wildman–Crippen LogP) is 5.41. The van der Waals surface area contributed by atoms with E-state index in [1.54, 1.807) is 30.3 Å². The molecular formula is C18H10F2O2S. The Bertz CT molecular complexity index is 1050. The van der Waals surface area contributed by atoms with E-state index in [1.165, 1.54) is 18.2 Å². The number of aromatic hydroxyl groups is 2. The van der Waals surface area contributed by atoms with E-state index >= 15 is 0 Å². The lowest BCUT2D eigenvalue weighted by atomic mass is 10.0. The smallest absolute Gasteiger partial charge is 0.182 e. The minimum absolute atomic E-state index is 0.106. The fraction of sp³-hybridized carbons (Fsp3) is 0. The lowest BCUT2D eigenvalue weighted by Gasteiger charge is -2.04. The van der Waals surface area contributed by atoms with E-state index in [9.17, 15) is 19.0 Å². The highest BCUT2D eigenvalue weighted by Crippen LogP contribution is 2.41. The summed E-state index contributed by atoms with van der Waals surface area (Å²) in [6, 6.07) is 12.5. The maximum absolute atomic E-state index is 14.9. The van der Waals surface area contributed by atoms with Crippen LogP contribution in [0.15, 0.2) is 48.5 Å². The minimum Gasteiger partial charge on any atom is -0.508 e.